The van der Waals surface area contributed by atoms with Gasteiger partial charge in [0.05, 0.1) is 23.0 Å². The molecule has 0 saturated carbocycles. The van der Waals surface area contributed by atoms with Crippen molar-refractivity contribution in [3.63, 3.8) is 0 Å². The normalized spacial score (nSPS) is 20.2. The molecule has 26 heavy (non-hydrogen) atoms. The van der Waals surface area contributed by atoms with Crippen LogP contribution in [0.5, 0.6) is 0 Å². The third kappa shape index (κ3) is 2.80. The number of aromatic nitrogens is 3. The Labute approximate surface area is 158 Å². The van der Waals surface area contributed by atoms with Crippen LogP contribution >= 0.6 is 23.6 Å². The highest BCUT2D eigenvalue weighted by molar-refractivity contribution is 7.71. The second-order valence-electron chi connectivity index (χ2n) is 6.43. The van der Waals surface area contributed by atoms with E-state index >= 15 is 0 Å². The lowest BCUT2D eigenvalue weighted by Gasteiger charge is -2.18. The molecule has 1 aliphatic rings. The zero-order valence-corrected chi connectivity index (χ0v) is 15.6. The number of rotatable bonds is 4. The molecule has 8 heteroatoms. The lowest BCUT2D eigenvalue weighted by molar-refractivity contribution is -0.941. The Morgan fingerprint density at radius 1 is 1.27 bits per heavy atom. The molecule has 0 amide bonds. The molecular weight excluding hydrogens is 368 g/mol. The molecule has 4 heterocycles. The van der Waals surface area contributed by atoms with Crippen LogP contribution < -0.4 is 4.90 Å². The SMILES string of the molecule is S=c1oc(-c2ccco2)nn1C[NH+]1CCC[C@H]1c1nc2ccccc2s1. The van der Waals surface area contributed by atoms with Gasteiger partial charge in [0.15, 0.2) is 17.4 Å². The van der Waals surface area contributed by atoms with E-state index < -0.39 is 0 Å². The predicted octanol–water partition coefficient (Wildman–Crippen LogP) is 3.45. The predicted molar refractivity (Wildman–Crippen MR) is 100 cm³/mol. The summed E-state index contributed by atoms with van der Waals surface area (Å²) in [5.41, 5.74) is 1.08. The number of benzene rings is 1. The molecular formula is C18H17N4O2S2+. The van der Waals surface area contributed by atoms with Gasteiger partial charge in [0.2, 0.25) is 0 Å². The Morgan fingerprint density at radius 3 is 3.04 bits per heavy atom. The molecule has 0 spiro atoms. The maximum absolute atomic E-state index is 5.60. The van der Waals surface area contributed by atoms with E-state index in [1.807, 2.05) is 18.2 Å². The fourth-order valence-corrected chi connectivity index (χ4v) is 4.88. The topological polar surface area (TPSA) is 61.4 Å². The van der Waals surface area contributed by atoms with E-state index in [0.29, 0.717) is 29.2 Å². The van der Waals surface area contributed by atoms with Crippen molar-refractivity contribution in [2.45, 2.75) is 25.6 Å². The molecule has 5 rings (SSSR count). The molecule has 0 radical (unpaired) electrons. The largest absolute Gasteiger partial charge is 0.459 e. The summed E-state index contributed by atoms with van der Waals surface area (Å²) >= 11 is 7.15. The van der Waals surface area contributed by atoms with Gasteiger partial charge in [-0.1, -0.05) is 12.1 Å². The monoisotopic (exact) mass is 385 g/mol. The molecule has 1 aliphatic heterocycles. The summed E-state index contributed by atoms with van der Waals surface area (Å²) in [6.45, 7) is 1.74. The summed E-state index contributed by atoms with van der Waals surface area (Å²) in [5.74, 6) is 1.02. The minimum atomic E-state index is 0.373. The molecule has 0 aliphatic carbocycles. The second-order valence-corrected chi connectivity index (χ2v) is 7.84. The van der Waals surface area contributed by atoms with E-state index in [9.17, 15) is 0 Å². The number of hydrogen-bond donors (Lipinski definition) is 1. The van der Waals surface area contributed by atoms with Gasteiger partial charge in [-0.2, -0.15) is 4.68 Å². The summed E-state index contributed by atoms with van der Waals surface area (Å²) in [6, 6.07) is 12.3. The molecule has 132 valence electrons. The first-order chi connectivity index (χ1) is 12.8. The van der Waals surface area contributed by atoms with Gasteiger partial charge in [0, 0.05) is 12.8 Å². The number of furan rings is 1. The molecule has 3 aromatic heterocycles. The first-order valence-corrected chi connectivity index (χ1v) is 9.82. The van der Waals surface area contributed by atoms with Crippen molar-refractivity contribution in [2.75, 3.05) is 6.54 Å². The third-order valence-corrected chi connectivity index (χ3v) is 6.23. The van der Waals surface area contributed by atoms with E-state index in [2.05, 4.69) is 23.3 Å². The highest BCUT2D eigenvalue weighted by Gasteiger charge is 2.33. The zero-order valence-electron chi connectivity index (χ0n) is 13.9. The van der Waals surface area contributed by atoms with Gasteiger partial charge in [-0.05, 0) is 36.5 Å². The van der Waals surface area contributed by atoms with Crippen molar-refractivity contribution in [1.82, 2.24) is 14.8 Å². The Bertz CT molecular complexity index is 1060. The van der Waals surface area contributed by atoms with Crippen LogP contribution in [-0.4, -0.2) is 21.3 Å². The highest BCUT2D eigenvalue weighted by atomic mass is 32.1. The number of para-hydroxylation sites is 1. The van der Waals surface area contributed by atoms with E-state index in [0.717, 1.165) is 18.5 Å². The quantitative estimate of drug-likeness (QED) is 0.545. The van der Waals surface area contributed by atoms with Crippen LogP contribution in [0.2, 0.25) is 0 Å². The number of likely N-dealkylation sites (tertiary alicyclic amines) is 1. The molecule has 1 aromatic carbocycles. The number of thiazole rings is 1. The molecule has 0 bridgehead atoms. The van der Waals surface area contributed by atoms with Crippen LogP contribution in [0.4, 0.5) is 0 Å². The lowest BCUT2D eigenvalue weighted by Crippen LogP contribution is -3.09. The minimum absolute atomic E-state index is 0.373. The van der Waals surface area contributed by atoms with Crippen LogP contribution in [-0.2, 0) is 6.67 Å². The smallest absolute Gasteiger partial charge is 0.292 e. The molecule has 1 saturated heterocycles. The Balaban J connectivity index is 1.42. The van der Waals surface area contributed by atoms with Gasteiger partial charge < -0.3 is 13.7 Å². The van der Waals surface area contributed by atoms with Crippen LogP contribution in [0.1, 0.15) is 23.9 Å². The Kier molecular flexibility index (Phi) is 3.96. The number of hydrogen-bond acceptors (Lipinski definition) is 6. The van der Waals surface area contributed by atoms with Crippen LogP contribution in [0, 0.1) is 4.84 Å². The molecule has 1 fully saturated rings. The summed E-state index contributed by atoms with van der Waals surface area (Å²) in [4.78, 5) is 6.65. The number of fused-ring (bicyclic) bond motifs is 1. The number of nitrogens with one attached hydrogen (secondary N) is 1. The van der Waals surface area contributed by atoms with E-state index in [-0.39, 0.29) is 0 Å². The lowest BCUT2D eigenvalue weighted by atomic mass is 10.2. The average molecular weight is 385 g/mol. The average Bonchev–Trinajstić information content (AvgIpc) is 3.42. The first kappa shape index (κ1) is 15.9. The van der Waals surface area contributed by atoms with Crippen molar-refractivity contribution in [1.29, 1.82) is 0 Å². The van der Waals surface area contributed by atoms with E-state index in [1.54, 1.807) is 22.3 Å². The standard InChI is InChI=1S/C18H16N4O2S2/c25-18-22(20-16(24-18)14-7-4-10-23-14)11-21-9-3-6-13(21)17-19-12-5-1-2-8-15(12)26-17/h1-2,4-5,7-8,10,13H,3,6,9,11H2/p+1/t13-/m0/s1. The van der Waals surface area contributed by atoms with Gasteiger partial charge in [-0.15, -0.1) is 16.4 Å². The summed E-state index contributed by atoms with van der Waals surface area (Å²) in [7, 11) is 0. The van der Waals surface area contributed by atoms with E-state index in [4.69, 9.17) is 26.0 Å². The van der Waals surface area contributed by atoms with Crippen LogP contribution in [0.3, 0.4) is 0 Å². The van der Waals surface area contributed by atoms with Crippen LogP contribution in [0.25, 0.3) is 21.9 Å². The Morgan fingerprint density at radius 2 is 2.19 bits per heavy atom. The number of quaternary nitrogens is 1. The van der Waals surface area contributed by atoms with E-state index in [1.165, 1.54) is 21.0 Å². The Hall–Kier alpha value is -2.29. The minimum Gasteiger partial charge on any atom is -0.459 e. The van der Waals surface area contributed by atoms with Gasteiger partial charge >= 0.3 is 0 Å². The van der Waals surface area contributed by atoms with Gasteiger partial charge in [-0.3, -0.25) is 0 Å². The second kappa shape index (κ2) is 6.46. The molecule has 1 N–H and O–H groups in total. The summed E-state index contributed by atoms with van der Waals surface area (Å²) in [6.07, 6.45) is 3.90. The zero-order chi connectivity index (χ0) is 17.5. The first-order valence-electron chi connectivity index (χ1n) is 8.60. The molecule has 2 atom stereocenters. The van der Waals surface area contributed by atoms with Crippen molar-refractivity contribution < 1.29 is 13.7 Å². The number of nitrogens with zero attached hydrogens (tertiary/aromatic N) is 3. The highest BCUT2D eigenvalue weighted by Crippen LogP contribution is 2.28. The fourth-order valence-electron chi connectivity index (χ4n) is 3.54. The van der Waals surface area contributed by atoms with Crippen molar-refractivity contribution in [3.05, 3.63) is 52.5 Å². The maximum Gasteiger partial charge on any atom is 0.292 e. The van der Waals surface area contributed by atoms with Gasteiger partial charge in [0.25, 0.3) is 10.7 Å². The summed E-state index contributed by atoms with van der Waals surface area (Å²) < 4.78 is 14.0. The maximum atomic E-state index is 5.60. The third-order valence-electron chi connectivity index (χ3n) is 4.78. The molecule has 1 unspecified atom stereocenters. The van der Waals surface area contributed by atoms with Crippen molar-refractivity contribution in [2.24, 2.45) is 0 Å². The fraction of sp³-hybridized carbons (Fsp3) is 0.278. The molecule has 4 aromatic rings. The van der Waals surface area contributed by atoms with Crippen molar-refractivity contribution in [3.8, 4) is 11.7 Å². The summed E-state index contributed by atoms with van der Waals surface area (Å²) in [5, 5.41) is 5.70. The van der Waals surface area contributed by atoms with Gasteiger partial charge in [-0.25, -0.2) is 4.98 Å². The molecule has 6 nitrogen and oxygen atoms in total. The van der Waals surface area contributed by atoms with Crippen molar-refractivity contribution >= 4 is 33.8 Å². The van der Waals surface area contributed by atoms with Gasteiger partial charge in [0.1, 0.15) is 6.04 Å². The van der Waals surface area contributed by atoms with Crippen LogP contribution in [0.15, 0.2) is 51.5 Å².